The van der Waals surface area contributed by atoms with Gasteiger partial charge in [-0.2, -0.15) is 4.98 Å². The molecule has 2 aliphatic rings. The Balaban J connectivity index is 1.27. The fraction of sp³-hybridized carbons (Fsp3) is 0.367. The molecule has 2 aromatic carbocycles. The van der Waals surface area contributed by atoms with E-state index in [1.165, 1.54) is 38.1 Å². The van der Waals surface area contributed by atoms with Gasteiger partial charge in [-0.25, -0.2) is 4.98 Å². The highest BCUT2D eigenvalue weighted by Gasteiger charge is 2.37. The molecule has 10 nitrogen and oxygen atoms in total. The van der Waals surface area contributed by atoms with E-state index < -0.39 is 0 Å². The van der Waals surface area contributed by atoms with Crippen molar-refractivity contribution in [3.63, 3.8) is 0 Å². The number of ether oxygens (including phenoxy) is 3. The Morgan fingerprint density at radius 2 is 1.95 bits per heavy atom. The van der Waals surface area contributed by atoms with Crippen LogP contribution >= 0.6 is 0 Å². The van der Waals surface area contributed by atoms with Crippen molar-refractivity contribution in [3.05, 3.63) is 67.4 Å². The van der Waals surface area contributed by atoms with Gasteiger partial charge in [0.1, 0.15) is 5.75 Å². The summed E-state index contributed by atoms with van der Waals surface area (Å²) in [7, 11) is 3.29. The first kappa shape index (κ1) is 27.4. The van der Waals surface area contributed by atoms with Crippen molar-refractivity contribution in [2.24, 2.45) is 0 Å². The normalized spacial score (nSPS) is 16.8. The van der Waals surface area contributed by atoms with Crippen molar-refractivity contribution in [1.82, 2.24) is 14.9 Å². The molecule has 1 aromatic heterocycles. The third-order valence-corrected chi connectivity index (χ3v) is 7.06. The molecule has 2 heterocycles. The van der Waals surface area contributed by atoms with E-state index in [9.17, 15) is 4.79 Å². The second-order valence-corrected chi connectivity index (χ2v) is 9.94. The Hall–Kier alpha value is -4.15. The Bertz CT molecular complexity index is 1310. The molecule has 5 rings (SSSR count). The molecule has 40 heavy (non-hydrogen) atoms. The standard InChI is InChI=1S/C30H36N6O4/c1-4-28(37)32-22-6-5-7-26(18-22)40-29-27(39-3)19-31-30(34-29)33-21-8-10-23(11-9-21)36(24-12-13-24)25-14-15-35(20-25)16-17-38-2/h4-11,18-19,24-25H,1,12-17,20H2,2-3H3,(H,32,37)(H,31,33,34)/t25-/m0/s1. The second-order valence-electron chi connectivity index (χ2n) is 9.94. The first-order chi connectivity index (χ1) is 19.6. The maximum Gasteiger partial charge on any atom is 0.267 e. The number of nitrogens with one attached hydrogen (secondary N) is 2. The number of aromatic nitrogens is 2. The Kier molecular flexibility index (Phi) is 8.78. The molecular formula is C30H36N6O4. The lowest BCUT2D eigenvalue weighted by Gasteiger charge is -2.31. The zero-order chi connectivity index (χ0) is 27.9. The van der Waals surface area contributed by atoms with E-state index in [1.54, 1.807) is 37.6 Å². The Labute approximate surface area is 235 Å². The summed E-state index contributed by atoms with van der Waals surface area (Å²) in [6.07, 6.45) is 6.45. The molecule has 10 heteroatoms. The van der Waals surface area contributed by atoms with E-state index in [0.29, 0.717) is 35.2 Å². The number of hydrogen-bond acceptors (Lipinski definition) is 9. The van der Waals surface area contributed by atoms with Gasteiger partial charge in [-0.1, -0.05) is 12.6 Å². The average Bonchev–Trinajstić information content (AvgIpc) is 3.70. The number of methoxy groups -OCH3 is 2. The SMILES string of the molecule is C=CC(=O)Nc1cccc(Oc2nc(Nc3ccc(N(C4CC4)[C@H]4CCN(CCOC)C4)cc3)ncc2OC)c1. The van der Waals surface area contributed by atoms with Gasteiger partial charge in [0, 0.05) is 62.0 Å². The topological polar surface area (TPSA) is 101 Å². The monoisotopic (exact) mass is 544 g/mol. The summed E-state index contributed by atoms with van der Waals surface area (Å²) in [5.74, 6) is 1.20. The van der Waals surface area contributed by atoms with E-state index >= 15 is 0 Å². The highest BCUT2D eigenvalue weighted by Crippen LogP contribution is 2.37. The molecule has 0 unspecified atom stereocenters. The van der Waals surface area contributed by atoms with Gasteiger partial charge in [-0.15, -0.1) is 0 Å². The number of amides is 1. The number of anilines is 4. The van der Waals surface area contributed by atoms with Crippen LogP contribution in [0.15, 0.2) is 67.4 Å². The average molecular weight is 545 g/mol. The van der Waals surface area contributed by atoms with Gasteiger partial charge in [0.05, 0.1) is 19.9 Å². The minimum absolute atomic E-state index is 0.253. The van der Waals surface area contributed by atoms with Gasteiger partial charge in [0.15, 0.2) is 5.75 Å². The molecule has 2 fully saturated rings. The van der Waals surface area contributed by atoms with Crippen LogP contribution in [0.3, 0.4) is 0 Å². The van der Waals surface area contributed by atoms with Crippen LogP contribution in [0.25, 0.3) is 0 Å². The number of carbonyl (C=O) groups excluding carboxylic acids is 1. The minimum atomic E-state index is -0.304. The van der Waals surface area contributed by atoms with E-state index in [2.05, 4.69) is 61.2 Å². The van der Waals surface area contributed by atoms with Crippen molar-refractivity contribution in [2.75, 3.05) is 56.0 Å². The summed E-state index contributed by atoms with van der Waals surface area (Å²) in [5.41, 5.74) is 2.70. The fourth-order valence-electron chi connectivity index (χ4n) is 4.95. The molecule has 0 bridgehead atoms. The first-order valence-corrected chi connectivity index (χ1v) is 13.6. The van der Waals surface area contributed by atoms with Crippen molar-refractivity contribution in [2.45, 2.75) is 31.3 Å². The van der Waals surface area contributed by atoms with E-state index in [4.69, 9.17) is 14.2 Å². The Morgan fingerprint density at radius 3 is 2.67 bits per heavy atom. The van der Waals surface area contributed by atoms with Crippen LogP contribution in [0.1, 0.15) is 19.3 Å². The number of likely N-dealkylation sites (tertiary alicyclic amines) is 1. The quantitative estimate of drug-likeness (QED) is 0.293. The molecule has 0 spiro atoms. The third kappa shape index (κ3) is 6.88. The van der Waals surface area contributed by atoms with Crippen molar-refractivity contribution >= 4 is 28.9 Å². The molecule has 0 radical (unpaired) electrons. The summed E-state index contributed by atoms with van der Waals surface area (Å²) in [6.45, 7) is 7.43. The summed E-state index contributed by atoms with van der Waals surface area (Å²) in [6, 6.07) is 16.6. The maximum atomic E-state index is 11.7. The molecule has 1 amide bonds. The lowest BCUT2D eigenvalue weighted by Crippen LogP contribution is -2.39. The van der Waals surface area contributed by atoms with Gasteiger partial charge in [0.2, 0.25) is 11.9 Å². The molecule has 2 N–H and O–H groups in total. The zero-order valence-corrected chi connectivity index (χ0v) is 23.0. The molecule has 3 aromatic rings. The first-order valence-electron chi connectivity index (χ1n) is 13.6. The summed E-state index contributed by atoms with van der Waals surface area (Å²) < 4.78 is 16.7. The Morgan fingerprint density at radius 1 is 1.12 bits per heavy atom. The highest BCUT2D eigenvalue weighted by atomic mass is 16.5. The molecule has 1 aliphatic heterocycles. The highest BCUT2D eigenvalue weighted by molar-refractivity contribution is 5.98. The molecule has 1 saturated carbocycles. The van der Waals surface area contributed by atoms with Crippen LogP contribution in [0.2, 0.25) is 0 Å². The van der Waals surface area contributed by atoms with Crippen LogP contribution in [-0.4, -0.2) is 73.3 Å². The smallest absolute Gasteiger partial charge is 0.267 e. The lowest BCUT2D eigenvalue weighted by atomic mass is 10.1. The predicted molar refractivity (Wildman–Crippen MR) is 156 cm³/mol. The fourth-order valence-corrected chi connectivity index (χ4v) is 4.95. The van der Waals surface area contributed by atoms with Gasteiger partial charge >= 0.3 is 0 Å². The number of hydrogen-bond donors (Lipinski definition) is 2. The molecule has 1 aliphatic carbocycles. The van der Waals surface area contributed by atoms with Crippen molar-refractivity contribution in [1.29, 1.82) is 0 Å². The largest absolute Gasteiger partial charge is 0.490 e. The van der Waals surface area contributed by atoms with Crippen molar-refractivity contribution in [3.8, 4) is 17.4 Å². The van der Waals surface area contributed by atoms with Gasteiger partial charge in [-0.05, 0) is 61.7 Å². The van der Waals surface area contributed by atoms with Crippen LogP contribution in [0.5, 0.6) is 17.4 Å². The van der Waals surface area contributed by atoms with Crippen molar-refractivity contribution < 1.29 is 19.0 Å². The van der Waals surface area contributed by atoms with Crippen LogP contribution in [0, 0.1) is 0 Å². The predicted octanol–water partition coefficient (Wildman–Crippen LogP) is 4.84. The summed E-state index contributed by atoms with van der Waals surface area (Å²) >= 11 is 0. The molecule has 210 valence electrons. The zero-order valence-electron chi connectivity index (χ0n) is 23.0. The summed E-state index contributed by atoms with van der Waals surface area (Å²) in [5, 5.41) is 5.99. The van der Waals surface area contributed by atoms with E-state index in [-0.39, 0.29) is 11.8 Å². The molecular weight excluding hydrogens is 508 g/mol. The number of benzene rings is 2. The number of nitrogens with zero attached hydrogens (tertiary/aromatic N) is 4. The third-order valence-electron chi connectivity index (χ3n) is 7.06. The molecule has 1 atom stereocenters. The van der Waals surface area contributed by atoms with E-state index in [1.807, 2.05) is 0 Å². The van der Waals surface area contributed by atoms with E-state index in [0.717, 1.165) is 31.9 Å². The van der Waals surface area contributed by atoms with Gasteiger partial charge in [0.25, 0.3) is 5.88 Å². The van der Waals surface area contributed by atoms with Gasteiger partial charge in [-0.3, -0.25) is 9.69 Å². The van der Waals surface area contributed by atoms with Crippen LogP contribution in [0.4, 0.5) is 23.0 Å². The van der Waals surface area contributed by atoms with Crippen LogP contribution in [-0.2, 0) is 9.53 Å². The number of carbonyl (C=O) groups is 1. The molecule has 1 saturated heterocycles. The number of rotatable bonds is 13. The second kappa shape index (κ2) is 12.8. The lowest BCUT2D eigenvalue weighted by molar-refractivity contribution is -0.111. The summed E-state index contributed by atoms with van der Waals surface area (Å²) in [4.78, 5) is 25.7. The van der Waals surface area contributed by atoms with Crippen LogP contribution < -0.4 is 25.0 Å². The minimum Gasteiger partial charge on any atom is -0.490 e. The maximum absolute atomic E-state index is 11.7. The van der Waals surface area contributed by atoms with Gasteiger partial charge < -0.3 is 29.7 Å².